The second-order valence-corrected chi connectivity index (χ2v) is 5.93. The second kappa shape index (κ2) is 6.41. The van der Waals surface area contributed by atoms with Crippen LogP contribution in [0.5, 0.6) is 0 Å². The van der Waals surface area contributed by atoms with Gasteiger partial charge in [0.15, 0.2) is 5.78 Å². The molecule has 100 valence electrons. The minimum Gasteiger partial charge on any atom is -0.292 e. The summed E-state index contributed by atoms with van der Waals surface area (Å²) in [5.74, 6) is -1.21. The molecule has 2 nitrogen and oxygen atoms in total. The molecule has 0 bridgehead atoms. The predicted octanol–water partition coefficient (Wildman–Crippen LogP) is 5.25. The molecule has 0 saturated carbocycles. The Hall–Kier alpha value is -1.34. The van der Waals surface area contributed by atoms with Crippen molar-refractivity contribution < 1.29 is 4.79 Å². The van der Waals surface area contributed by atoms with E-state index in [4.69, 9.17) is 23.2 Å². The van der Waals surface area contributed by atoms with E-state index in [1.165, 1.54) is 12.1 Å². The number of ketones is 1. The van der Waals surface area contributed by atoms with Gasteiger partial charge in [-0.15, -0.1) is 0 Å². The highest BCUT2D eigenvalue weighted by Crippen LogP contribution is 2.26. The van der Waals surface area contributed by atoms with E-state index in [1.807, 2.05) is 12.1 Å². The Bertz CT molecular complexity index is 689. The van der Waals surface area contributed by atoms with Crippen molar-refractivity contribution in [3.63, 3.8) is 0 Å². The average molecular weight is 369 g/mol. The predicted molar refractivity (Wildman–Crippen MR) is 83.3 cm³/mol. The van der Waals surface area contributed by atoms with Crippen molar-refractivity contribution in [2.24, 2.45) is 0 Å². The molecule has 2 rings (SSSR count). The summed E-state index contributed by atoms with van der Waals surface area (Å²) in [4.78, 5) is 12.4. The first-order valence-electron chi connectivity index (χ1n) is 5.66. The summed E-state index contributed by atoms with van der Waals surface area (Å²) in [6, 6.07) is 13.7. The number of hydrogen-bond acceptors (Lipinski definition) is 2. The summed E-state index contributed by atoms with van der Waals surface area (Å²) < 4.78 is 0.812. The molecule has 1 unspecified atom stereocenters. The third-order valence-electron chi connectivity index (χ3n) is 2.72. The van der Waals surface area contributed by atoms with Gasteiger partial charge < -0.3 is 0 Å². The molecule has 0 heterocycles. The maximum atomic E-state index is 12.4. The molecule has 2 aromatic carbocycles. The molecule has 5 heteroatoms. The molecule has 0 radical (unpaired) electrons. The van der Waals surface area contributed by atoms with Crippen molar-refractivity contribution in [1.29, 1.82) is 5.26 Å². The monoisotopic (exact) mass is 367 g/mol. The van der Waals surface area contributed by atoms with Gasteiger partial charge in [-0.2, -0.15) is 5.26 Å². The van der Waals surface area contributed by atoms with Gasteiger partial charge in [-0.25, -0.2) is 0 Å². The molecule has 0 amide bonds. The lowest BCUT2D eigenvalue weighted by Gasteiger charge is -2.10. The number of Topliss-reactive ketones (excluding diaryl/α,β-unsaturated/α-hetero) is 1. The molecule has 0 saturated heterocycles. The Morgan fingerprint density at radius 1 is 1.15 bits per heavy atom. The topological polar surface area (TPSA) is 40.9 Å². The molecular weight excluding hydrogens is 361 g/mol. The number of carbonyl (C=O) groups is 1. The van der Waals surface area contributed by atoms with Gasteiger partial charge in [0.1, 0.15) is 5.92 Å². The Morgan fingerprint density at radius 2 is 1.80 bits per heavy atom. The fourth-order valence-electron chi connectivity index (χ4n) is 1.83. The number of carbonyl (C=O) groups excluding carboxylic acids is 1. The number of halogens is 3. The number of nitrogens with zero attached hydrogens (tertiary/aromatic N) is 1. The fraction of sp³-hybridized carbons (Fsp3) is 0.0667. The molecule has 1 atom stereocenters. The van der Waals surface area contributed by atoms with Crippen LogP contribution in [0.25, 0.3) is 0 Å². The van der Waals surface area contributed by atoms with E-state index in [0.717, 1.165) is 4.47 Å². The summed E-state index contributed by atoms with van der Waals surface area (Å²) in [5, 5.41) is 10.0. The maximum absolute atomic E-state index is 12.4. The van der Waals surface area contributed by atoms with Gasteiger partial charge in [0.05, 0.1) is 6.07 Å². The van der Waals surface area contributed by atoms with Gasteiger partial charge in [0.25, 0.3) is 0 Å². The minimum atomic E-state index is -0.887. The van der Waals surface area contributed by atoms with E-state index in [0.29, 0.717) is 21.2 Å². The van der Waals surface area contributed by atoms with Crippen LogP contribution in [-0.4, -0.2) is 5.78 Å². The van der Waals surface area contributed by atoms with E-state index in [1.54, 1.807) is 24.3 Å². The number of nitriles is 1. The quantitative estimate of drug-likeness (QED) is 0.694. The molecule has 0 spiro atoms. The van der Waals surface area contributed by atoms with Crippen LogP contribution in [0.3, 0.4) is 0 Å². The third-order valence-corrected chi connectivity index (χ3v) is 3.65. The first-order valence-corrected chi connectivity index (χ1v) is 7.21. The standard InChI is InChI=1S/C15H8BrCl2NO/c16-11-3-1-2-9(4-11)14(8-19)15(20)10-5-12(17)7-13(18)6-10/h1-7,14H. The highest BCUT2D eigenvalue weighted by Gasteiger charge is 2.22. The fourth-order valence-corrected chi connectivity index (χ4v) is 2.78. The molecule has 0 aromatic heterocycles. The zero-order chi connectivity index (χ0) is 14.7. The van der Waals surface area contributed by atoms with Crippen LogP contribution in [-0.2, 0) is 0 Å². The molecule has 0 fully saturated rings. The Labute approximate surface area is 135 Å². The van der Waals surface area contributed by atoms with Crippen LogP contribution in [0.4, 0.5) is 0 Å². The number of hydrogen-bond donors (Lipinski definition) is 0. The van der Waals surface area contributed by atoms with E-state index < -0.39 is 5.92 Å². The molecule has 0 aliphatic carbocycles. The van der Waals surface area contributed by atoms with E-state index >= 15 is 0 Å². The van der Waals surface area contributed by atoms with Crippen molar-refractivity contribution in [2.45, 2.75) is 5.92 Å². The number of rotatable bonds is 3. The van der Waals surface area contributed by atoms with E-state index in [9.17, 15) is 10.1 Å². The zero-order valence-electron chi connectivity index (χ0n) is 10.1. The molecular formula is C15H8BrCl2NO. The Balaban J connectivity index is 2.42. The largest absolute Gasteiger partial charge is 0.292 e. The van der Waals surface area contributed by atoms with Crippen molar-refractivity contribution in [1.82, 2.24) is 0 Å². The first-order chi connectivity index (χ1) is 9.51. The van der Waals surface area contributed by atoms with Gasteiger partial charge in [0, 0.05) is 20.1 Å². The zero-order valence-corrected chi connectivity index (χ0v) is 13.2. The average Bonchev–Trinajstić information content (AvgIpc) is 2.38. The summed E-state index contributed by atoms with van der Waals surface area (Å²) >= 11 is 15.1. The van der Waals surface area contributed by atoms with Gasteiger partial charge in [0.2, 0.25) is 0 Å². The van der Waals surface area contributed by atoms with E-state index in [2.05, 4.69) is 15.9 Å². The van der Waals surface area contributed by atoms with Crippen LogP contribution in [0, 0.1) is 11.3 Å². The van der Waals surface area contributed by atoms with E-state index in [-0.39, 0.29) is 5.78 Å². The second-order valence-electron chi connectivity index (χ2n) is 4.14. The van der Waals surface area contributed by atoms with Crippen LogP contribution in [0.15, 0.2) is 46.9 Å². The lowest BCUT2D eigenvalue weighted by atomic mass is 9.92. The van der Waals surface area contributed by atoms with Gasteiger partial charge >= 0.3 is 0 Å². The smallest absolute Gasteiger partial charge is 0.184 e. The molecule has 0 aliphatic heterocycles. The highest BCUT2D eigenvalue weighted by molar-refractivity contribution is 9.10. The normalized spacial score (nSPS) is 11.7. The summed E-state index contributed by atoms with van der Waals surface area (Å²) in [5.41, 5.74) is 0.956. The number of benzene rings is 2. The van der Waals surface area contributed by atoms with Crippen molar-refractivity contribution in [2.75, 3.05) is 0 Å². The maximum Gasteiger partial charge on any atom is 0.184 e. The molecule has 2 aromatic rings. The third kappa shape index (κ3) is 3.40. The lowest BCUT2D eigenvalue weighted by Crippen LogP contribution is -2.11. The van der Waals surface area contributed by atoms with Crippen LogP contribution in [0.2, 0.25) is 10.0 Å². The van der Waals surface area contributed by atoms with Gasteiger partial charge in [-0.05, 0) is 35.9 Å². The molecule has 20 heavy (non-hydrogen) atoms. The van der Waals surface area contributed by atoms with Crippen molar-refractivity contribution in [3.05, 3.63) is 68.1 Å². The molecule has 0 N–H and O–H groups in total. The van der Waals surface area contributed by atoms with Gasteiger partial charge in [-0.3, -0.25) is 4.79 Å². The Kier molecular flexibility index (Phi) is 4.82. The van der Waals surface area contributed by atoms with Crippen LogP contribution in [0.1, 0.15) is 21.8 Å². The molecule has 0 aliphatic rings. The van der Waals surface area contributed by atoms with Crippen LogP contribution >= 0.6 is 39.1 Å². The van der Waals surface area contributed by atoms with Crippen LogP contribution < -0.4 is 0 Å². The summed E-state index contributed by atoms with van der Waals surface area (Å²) in [6.07, 6.45) is 0. The SMILES string of the molecule is N#CC(C(=O)c1cc(Cl)cc(Cl)c1)c1cccc(Br)c1. The van der Waals surface area contributed by atoms with Crippen molar-refractivity contribution in [3.8, 4) is 6.07 Å². The Morgan fingerprint density at radius 3 is 2.35 bits per heavy atom. The highest BCUT2D eigenvalue weighted by atomic mass is 79.9. The summed E-state index contributed by atoms with van der Waals surface area (Å²) in [7, 11) is 0. The lowest BCUT2D eigenvalue weighted by molar-refractivity contribution is 0.0979. The summed E-state index contributed by atoms with van der Waals surface area (Å²) in [6.45, 7) is 0. The van der Waals surface area contributed by atoms with Gasteiger partial charge in [-0.1, -0.05) is 51.3 Å². The van der Waals surface area contributed by atoms with Crippen molar-refractivity contribution >= 4 is 44.9 Å². The first kappa shape index (κ1) is 15.1. The minimum absolute atomic E-state index is 0.324.